The normalized spacial score (nSPS) is 10.1. The molecule has 1 aromatic rings. The average Bonchev–Trinajstić information content (AvgIpc) is 2.29. The number of hydrogen-bond acceptors (Lipinski definition) is 2. The van der Waals surface area contributed by atoms with E-state index in [0.29, 0.717) is 12.3 Å². The molecule has 0 bridgehead atoms. The molecule has 1 N–H and O–H groups in total. The molecule has 0 aliphatic rings. The minimum Gasteiger partial charge on any atom is -0.352 e. The second kappa shape index (κ2) is 6.87. The van der Waals surface area contributed by atoms with Gasteiger partial charge in [-0.05, 0) is 37.1 Å². The molecule has 1 aromatic carbocycles. The summed E-state index contributed by atoms with van der Waals surface area (Å²) in [4.78, 5) is 12.6. The Bertz CT molecular complexity index is 432. The van der Waals surface area contributed by atoms with Crippen molar-refractivity contribution < 1.29 is 4.79 Å². The van der Waals surface area contributed by atoms with Gasteiger partial charge in [0, 0.05) is 15.9 Å². The van der Waals surface area contributed by atoms with Gasteiger partial charge in [0.1, 0.15) is 0 Å². The van der Waals surface area contributed by atoms with Crippen molar-refractivity contribution in [3.05, 3.63) is 40.4 Å². The number of thioether (sulfide) groups is 1. The van der Waals surface area contributed by atoms with Gasteiger partial charge in [0.15, 0.2) is 0 Å². The van der Waals surface area contributed by atoms with Crippen molar-refractivity contribution in [2.24, 2.45) is 0 Å². The second-order valence-electron chi connectivity index (χ2n) is 3.75. The Morgan fingerprint density at radius 1 is 1.47 bits per heavy atom. The highest BCUT2D eigenvalue weighted by atomic mass is 79.9. The van der Waals surface area contributed by atoms with Crippen LogP contribution in [0.15, 0.2) is 34.2 Å². The van der Waals surface area contributed by atoms with Crippen molar-refractivity contribution in [3.63, 3.8) is 0 Å². The SMILES string of the molecule is C=CCNC(=O)CSc1cc(C)c(Br)cc1C. The monoisotopic (exact) mass is 313 g/mol. The number of benzene rings is 1. The molecule has 0 fully saturated rings. The molecule has 0 saturated heterocycles. The smallest absolute Gasteiger partial charge is 0.230 e. The number of carbonyl (C=O) groups is 1. The van der Waals surface area contributed by atoms with Crippen LogP contribution in [-0.2, 0) is 4.79 Å². The van der Waals surface area contributed by atoms with Gasteiger partial charge in [-0.15, -0.1) is 18.3 Å². The van der Waals surface area contributed by atoms with Crippen LogP contribution in [0.25, 0.3) is 0 Å². The van der Waals surface area contributed by atoms with E-state index in [1.165, 1.54) is 11.1 Å². The number of aryl methyl sites for hydroxylation is 2. The Hall–Kier alpha value is -0.740. The van der Waals surface area contributed by atoms with E-state index in [1.807, 2.05) is 13.8 Å². The van der Waals surface area contributed by atoms with Crippen LogP contribution in [0.3, 0.4) is 0 Å². The van der Waals surface area contributed by atoms with Crippen molar-refractivity contribution in [1.82, 2.24) is 5.32 Å². The van der Waals surface area contributed by atoms with Crippen LogP contribution in [0.4, 0.5) is 0 Å². The predicted octanol–water partition coefficient (Wildman–Crippen LogP) is 3.46. The first-order valence-electron chi connectivity index (χ1n) is 5.31. The number of amides is 1. The van der Waals surface area contributed by atoms with Gasteiger partial charge in [0.05, 0.1) is 5.75 Å². The van der Waals surface area contributed by atoms with Crippen LogP contribution < -0.4 is 5.32 Å². The summed E-state index contributed by atoms with van der Waals surface area (Å²) in [6, 6.07) is 4.18. The standard InChI is InChI=1S/C13H16BrNOS/c1-4-5-15-13(16)8-17-12-7-9(2)11(14)6-10(12)3/h4,6-7H,1,5,8H2,2-3H3,(H,15,16). The molecule has 0 atom stereocenters. The molecule has 0 aromatic heterocycles. The molecule has 0 heterocycles. The largest absolute Gasteiger partial charge is 0.352 e. The highest BCUT2D eigenvalue weighted by Crippen LogP contribution is 2.28. The quantitative estimate of drug-likeness (QED) is 0.666. The fourth-order valence-electron chi connectivity index (χ4n) is 1.29. The molecule has 1 amide bonds. The summed E-state index contributed by atoms with van der Waals surface area (Å²) in [5, 5.41) is 2.76. The first kappa shape index (κ1) is 14.3. The van der Waals surface area contributed by atoms with Gasteiger partial charge in [-0.3, -0.25) is 4.79 Å². The number of halogens is 1. The van der Waals surface area contributed by atoms with E-state index in [0.717, 1.165) is 9.37 Å². The number of rotatable bonds is 5. The first-order valence-corrected chi connectivity index (χ1v) is 7.09. The summed E-state index contributed by atoms with van der Waals surface area (Å²) in [5.74, 6) is 0.477. The summed E-state index contributed by atoms with van der Waals surface area (Å²) in [6.45, 7) is 8.18. The molecule has 0 radical (unpaired) electrons. The zero-order chi connectivity index (χ0) is 12.8. The molecule has 92 valence electrons. The zero-order valence-corrected chi connectivity index (χ0v) is 12.5. The van der Waals surface area contributed by atoms with E-state index in [1.54, 1.807) is 17.8 Å². The highest BCUT2D eigenvalue weighted by Gasteiger charge is 2.06. The van der Waals surface area contributed by atoms with E-state index < -0.39 is 0 Å². The minimum atomic E-state index is 0.0369. The van der Waals surface area contributed by atoms with Crippen molar-refractivity contribution in [2.75, 3.05) is 12.3 Å². The van der Waals surface area contributed by atoms with Crippen LogP contribution in [0.1, 0.15) is 11.1 Å². The van der Waals surface area contributed by atoms with E-state index in [9.17, 15) is 4.79 Å². The molecule has 4 heteroatoms. The molecule has 17 heavy (non-hydrogen) atoms. The number of carbonyl (C=O) groups excluding carboxylic acids is 1. The number of hydrogen-bond donors (Lipinski definition) is 1. The molecule has 2 nitrogen and oxygen atoms in total. The lowest BCUT2D eigenvalue weighted by molar-refractivity contribution is -0.118. The Morgan fingerprint density at radius 3 is 2.82 bits per heavy atom. The third kappa shape index (κ3) is 4.56. The third-order valence-corrected chi connectivity index (χ3v) is 4.27. The van der Waals surface area contributed by atoms with E-state index in [4.69, 9.17) is 0 Å². The van der Waals surface area contributed by atoms with Crippen LogP contribution in [-0.4, -0.2) is 18.2 Å². The third-order valence-electron chi connectivity index (χ3n) is 2.26. The van der Waals surface area contributed by atoms with E-state index in [2.05, 4.69) is 40.0 Å². The predicted molar refractivity (Wildman–Crippen MR) is 77.5 cm³/mol. The van der Waals surface area contributed by atoms with Gasteiger partial charge < -0.3 is 5.32 Å². The van der Waals surface area contributed by atoms with Crippen LogP contribution in [0, 0.1) is 13.8 Å². The fraction of sp³-hybridized carbons (Fsp3) is 0.308. The average molecular weight is 314 g/mol. The first-order chi connectivity index (χ1) is 8.04. The van der Waals surface area contributed by atoms with E-state index >= 15 is 0 Å². The maximum atomic E-state index is 11.4. The number of nitrogens with one attached hydrogen (secondary N) is 1. The van der Waals surface area contributed by atoms with Crippen molar-refractivity contribution in [2.45, 2.75) is 18.7 Å². The summed E-state index contributed by atoms with van der Waals surface area (Å²) < 4.78 is 1.11. The molecule has 0 aliphatic carbocycles. The van der Waals surface area contributed by atoms with Crippen molar-refractivity contribution in [3.8, 4) is 0 Å². The molecular weight excluding hydrogens is 298 g/mol. The van der Waals surface area contributed by atoms with Crippen LogP contribution >= 0.6 is 27.7 Å². The Balaban J connectivity index is 2.60. The van der Waals surface area contributed by atoms with Gasteiger partial charge in [-0.25, -0.2) is 0 Å². The Kier molecular flexibility index (Phi) is 5.78. The van der Waals surface area contributed by atoms with Gasteiger partial charge in [0.2, 0.25) is 5.91 Å². The Labute approximate surface area is 115 Å². The van der Waals surface area contributed by atoms with Crippen molar-refractivity contribution in [1.29, 1.82) is 0 Å². The molecule has 0 aliphatic heterocycles. The summed E-state index contributed by atoms with van der Waals surface area (Å²) in [6.07, 6.45) is 1.68. The summed E-state index contributed by atoms with van der Waals surface area (Å²) >= 11 is 5.06. The lowest BCUT2D eigenvalue weighted by Gasteiger charge is -2.08. The van der Waals surface area contributed by atoms with Crippen molar-refractivity contribution >= 4 is 33.6 Å². The van der Waals surface area contributed by atoms with Gasteiger partial charge in [-0.1, -0.05) is 22.0 Å². The highest BCUT2D eigenvalue weighted by molar-refractivity contribution is 9.10. The maximum absolute atomic E-state index is 11.4. The molecule has 1 rings (SSSR count). The Morgan fingerprint density at radius 2 is 2.18 bits per heavy atom. The maximum Gasteiger partial charge on any atom is 0.230 e. The van der Waals surface area contributed by atoms with Gasteiger partial charge >= 0.3 is 0 Å². The fourth-order valence-corrected chi connectivity index (χ4v) is 2.68. The second-order valence-corrected chi connectivity index (χ2v) is 5.62. The zero-order valence-electron chi connectivity index (χ0n) is 10.0. The summed E-state index contributed by atoms with van der Waals surface area (Å²) in [5.41, 5.74) is 2.37. The molecule has 0 unspecified atom stereocenters. The van der Waals surface area contributed by atoms with E-state index in [-0.39, 0.29) is 5.91 Å². The summed E-state index contributed by atoms with van der Waals surface area (Å²) in [7, 11) is 0. The lowest BCUT2D eigenvalue weighted by atomic mass is 10.2. The molecule has 0 saturated carbocycles. The molecule has 0 spiro atoms. The van der Waals surface area contributed by atoms with Gasteiger partial charge in [-0.2, -0.15) is 0 Å². The van der Waals surface area contributed by atoms with Gasteiger partial charge in [0.25, 0.3) is 0 Å². The topological polar surface area (TPSA) is 29.1 Å². The van der Waals surface area contributed by atoms with Crippen LogP contribution in [0.2, 0.25) is 0 Å². The lowest BCUT2D eigenvalue weighted by Crippen LogP contribution is -2.24. The minimum absolute atomic E-state index is 0.0369. The van der Waals surface area contributed by atoms with Crippen LogP contribution in [0.5, 0.6) is 0 Å². The molecular formula is C13H16BrNOS.